The molecule has 0 heterocycles. The van der Waals surface area contributed by atoms with Crippen molar-refractivity contribution in [2.45, 2.75) is 43.2 Å². The summed E-state index contributed by atoms with van der Waals surface area (Å²) in [7, 11) is -3.68. The van der Waals surface area contributed by atoms with Crippen LogP contribution in [0.2, 0.25) is 0 Å². The summed E-state index contributed by atoms with van der Waals surface area (Å²) in [5.41, 5.74) is 2.16. The van der Waals surface area contributed by atoms with E-state index in [0.717, 1.165) is 5.56 Å². The molecule has 2 atom stereocenters. The predicted octanol–water partition coefficient (Wildman–Crippen LogP) is 2.12. The SMILES string of the molecule is CC(NC(c1ccccc1)C1CC1)C(=O)NCCc1ccc(S(N)(=O)=O)cc1. The van der Waals surface area contributed by atoms with Gasteiger partial charge in [-0.2, -0.15) is 0 Å². The zero-order chi connectivity index (χ0) is 20.1. The summed E-state index contributed by atoms with van der Waals surface area (Å²) in [5.74, 6) is 0.553. The molecule has 1 fully saturated rings. The molecule has 1 saturated carbocycles. The highest BCUT2D eigenvalue weighted by molar-refractivity contribution is 7.89. The third-order valence-corrected chi connectivity index (χ3v) is 5.97. The van der Waals surface area contributed by atoms with Gasteiger partial charge in [-0.1, -0.05) is 42.5 Å². The summed E-state index contributed by atoms with van der Waals surface area (Å²) >= 11 is 0. The molecule has 0 bridgehead atoms. The van der Waals surface area contributed by atoms with Gasteiger partial charge < -0.3 is 5.32 Å². The van der Waals surface area contributed by atoms with Crippen LogP contribution < -0.4 is 15.8 Å². The van der Waals surface area contributed by atoms with Crippen LogP contribution in [0.3, 0.4) is 0 Å². The zero-order valence-electron chi connectivity index (χ0n) is 16.0. The van der Waals surface area contributed by atoms with Gasteiger partial charge in [-0.15, -0.1) is 0 Å². The van der Waals surface area contributed by atoms with E-state index in [2.05, 4.69) is 22.8 Å². The molecule has 2 aromatic rings. The number of sulfonamides is 1. The first-order valence-electron chi connectivity index (χ1n) is 9.55. The third kappa shape index (κ3) is 5.64. The van der Waals surface area contributed by atoms with E-state index in [0.29, 0.717) is 18.9 Å². The smallest absolute Gasteiger partial charge is 0.238 e. The highest BCUT2D eigenvalue weighted by Gasteiger charge is 2.33. The van der Waals surface area contributed by atoms with Crippen LogP contribution in [0.25, 0.3) is 0 Å². The summed E-state index contributed by atoms with van der Waals surface area (Å²) < 4.78 is 22.6. The molecule has 28 heavy (non-hydrogen) atoms. The van der Waals surface area contributed by atoms with Gasteiger partial charge in [0.05, 0.1) is 10.9 Å². The molecule has 2 aromatic carbocycles. The van der Waals surface area contributed by atoms with Crippen molar-refractivity contribution in [3.05, 3.63) is 65.7 Å². The number of nitrogens with two attached hydrogens (primary N) is 1. The van der Waals surface area contributed by atoms with Gasteiger partial charge in [0.25, 0.3) is 0 Å². The molecule has 3 rings (SSSR count). The molecule has 0 aromatic heterocycles. The average Bonchev–Trinajstić information content (AvgIpc) is 3.51. The number of benzene rings is 2. The predicted molar refractivity (Wildman–Crippen MR) is 109 cm³/mol. The molecular formula is C21H27N3O3S. The molecule has 6 nitrogen and oxygen atoms in total. The first-order valence-corrected chi connectivity index (χ1v) is 11.1. The Hall–Kier alpha value is -2.22. The summed E-state index contributed by atoms with van der Waals surface area (Å²) in [6.45, 7) is 2.37. The van der Waals surface area contributed by atoms with E-state index in [9.17, 15) is 13.2 Å². The number of carbonyl (C=O) groups is 1. The molecular weight excluding hydrogens is 374 g/mol. The molecule has 1 aliphatic carbocycles. The maximum Gasteiger partial charge on any atom is 0.238 e. The lowest BCUT2D eigenvalue weighted by molar-refractivity contribution is -0.122. The summed E-state index contributed by atoms with van der Waals surface area (Å²) in [6.07, 6.45) is 3.00. The highest BCUT2D eigenvalue weighted by atomic mass is 32.2. The van der Waals surface area contributed by atoms with Gasteiger partial charge in [-0.05, 0) is 55.4 Å². The van der Waals surface area contributed by atoms with E-state index in [1.165, 1.54) is 30.5 Å². The fraction of sp³-hybridized carbons (Fsp3) is 0.381. The average molecular weight is 402 g/mol. The van der Waals surface area contributed by atoms with E-state index in [1.54, 1.807) is 12.1 Å². The van der Waals surface area contributed by atoms with Crippen LogP contribution in [0.15, 0.2) is 59.5 Å². The molecule has 4 N–H and O–H groups in total. The number of nitrogens with one attached hydrogen (secondary N) is 2. The van der Waals surface area contributed by atoms with E-state index < -0.39 is 10.0 Å². The molecule has 150 valence electrons. The van der Waals surface area contributed by atoms with Crippen LogP contribution >= 0.6 is 0 Å². The van der Waals surface area contributed by atoms with E-state index in [-0.39, 0.29) is 22.9 Å². The lowest BCUT2D eigenvalue weighted by atomic mass is 10.0. The second kappa shape index (κ2) is 8.86. The Labute approximate surface area is 166 Å². The van der Waals surface area contributed by atoms with Crippen molar-refractivity contribution < 1.29 is 13.2 Å². The maximum atomic E-state index is 12.5. The lowest BCUT2D eigenvalue weighted by Crippen LogP contribution is -2.44. The van der Waals surface area contributed by atoms with Gasteiger partial charge in [0.2, 0.25) is 15.9 Å². The Morgan fingerprint density at radius 1 is 1.11 bits per heavy atom. The number of rotatable bonds is 9. The second-order valence-corrected chi connectivity index (χ2v) is 8.91. The van der Waals surface area contributed by atoms with E-state index >= 15 is 0 Å². The molecule has 0 saturated heterocycles. The van der Waals surface area contributed by atoms with Crippen molar-refractivity contribution in [1.29, 1.82) is 0 Å². The van der Waals surface area contributed by atoms with Gasteiger partial charge in [0.15, 0.2) is 0 Å². The minimum Gasteiger partial charge on any atom is -0.354 e. The largest absolute Gasteiger partial charge is 0.354 e. The van der Waals surface area contributed by atoms with Crippen molar-refractivity contribution in [3.63, 3.8) is 0 Å². The molecule has 1 amide bonds. The highest BCUT2D eigenvalue weighted by Crippen LogP contribution is 2.41. The van der Waals surface area contributed by atoms with Crippen molar-refractivity contribution >= 4 is 15.9 Å². The molecule has 1 aliphatic rings. The van der Waals surface area contributed by atoms with Gasteiger partial charge in [0, 0.05) is 12.6 Å². The molecule has 0 radical (unpaired) electrons. The monoisotopic (exact) mass is 401 g/mol. The Kier molecular flexibility index (Phi) is 6.49. The number of hydrogen-bond donors (Lipinski definition) is 3. The topological polar surface area (TPSA) is 101 Å². The molecule has 7 heteroatoms. The molecule has 0 spiro atoms. The van der Waals surface area contributed by atoms with Gasteiger partial charge in [-0.25, -0.2) is 13.6 Å². The van der Waals surface area contributed by atoms with Gasteiger partial charge >= 0.3 is 0 Å². The quantitative estimate of drug-likeness (QED) is 0.599. The summed E-state index contributed by atoms with van der Waals surface area (Å²) in [4.78, 5) is 12.5. The number of hydrogen-bond acceptors (Lipinski definition) is 4. The van der Waals surface area contributed by atoms with Crippen LogP contribution in [0, 0.1) is 5.92 Å². The second-order valence-electron chi connectivity index (χ2n) is 7.34. The minimum atomic E-state index is -3.68. The first kappa shape index (κ1) is 20.5. The van der Waals surface area contributed by atoms with Gasteiger partial charge in [-0.3, -0.25) is 10.1 Å². The maximum absolute atomic E-state index is 12.5. The van der Waals surface area contributed by atoms with Gasteiger partial charge in [0.1, 0.15) is 0 Å². The van der Waals surface area contributed by atoms with Crippen molar-refractivity contribution in [3.8, 4) is 0 Å². The zero-order valence-corrected chi connectivity index (χ0v) is 16.8. The number of primary sulfonamides is 1. The number of amides is 1. The van der Waals surface area contributed by atoms with Crippen LogP contribution in [0.4, 0.5) is 0 Å². The summed E-state index contributed by atoms with van der Waals surface area (Å²) in [5, 5.41) is 11.5. The van der Waals surface area contributed by atoms with Crippen LogP contribution in [0.1, 0.15) is 36.9 Å². The Balaban J connectivity index is 1.49. The first-order chi connectivity index (χ1) is 13.3. The Morgan fingerprint density at radius 2 is 1.75 bits per heavy atom. The Morgan fingerprint density at radius 3 is 2.32 bits per heavy atom. The third-order valence-electron chi connectivity index (χ3n) is 5.04. The molecule has 2 unspecified atom stereocenters. The van der Waals surface area contributed by atoms with Crippen LogP contribution in [0.5, 0.6) is 0 Å². The fourth-order valence-electron chi connectivity index (χ4n) is 3.27. The van der Waals surface area contributed by atoms with Crippen molar-refractivity contribution in [1.82, 2.24) is 10.6 Å². The Bertz CT molecular complexity index is 894. The van der Waals surface area contributed by atoms with Crippen molar-refractivity contribution in [2.75, 3.05) is 6.54 Å². The normalized spacial score (nSPS) is 16.4. The lowest BCUT2D eigenvalue weighted by Gasteiger charge is -2.23. The fourth-order valence-corrected chi connectivity index (χ4v) is 3.78. The van der Waals surface area contributed by atoms with Crippen LogP contribution in [-0.2, 0) is 21.2 Å². The minimum absolute atomic E-state index is 0.0391. The van der Waals surface area contributed by atoms with E-state index in [4.69, 9.17) is 5.14 Å². The standard InChI is InChI=1S/C21H27N3O3S/c1-15(24-20(18-9-10-18)17-5-3-2-4-6-17)21(25)23-14-13-16-7-11-19(12-8-16)28(22,26)27/h2-8,11-12,15,18,20,24H,9-10,13-14H2,1H3,(H,23,25)(H2,22,26,27). The molecule has 0 aliphatic heterocycles. The van der Waals surface area contributed by atoms with Crippen LogP contribution in [-0.4, -0.2) is 26.9 Å². The summed E-state index contributed by atoms with van der Waals surface area (Å²) in [6, 6.07) is 16.6. The van der Waals surface area contributed by atoms with Crippen molar-refractivity contribution in [2.24, 2.45) is 11.1 Å². The number of carbonyl (C=O) groups excluding carboxylic acids is 1. The van der Waals surface area contributed by atoms with E-state index in [1.807, 2.05) is 25.1 Å².